The zero-order chi connectivity index (χ0) is 29.3. The Hall–Kier alpha value is -4.65. The molecular weight excluding hydrogens is 515 g/mol. The molecule has 0 spiro atoms. The number of benzene rings is 6. The van der Waals surface area contributed by atoms with Crippen LogP contribution >= 0.6 is 9.84 Å². The maximum absolute atomic E-state index is 5.67. The van der Waals surface area contributed by atoms with Gasteiger partial charge in [0.1, 0.15) is 0 Å². The first-order chi connectivity index (χ1) is 20.7. The molecule has 6 rings (SSSR count). The van der Waals surface area contributed by atoms with Crippen LogP contribution < -0.4 is 9.80 Å². The number of hydrogen-bond donors (Lipinski definition) is 0. The highest BCUT2D eigenvalue weighted by Crippen LogP contribution is 2.38. The predicted molar refractivity (Wildman–Crippen MR) is 184 cm³/mol. The molecule has 0 aliphatic carbocycles. The van der Waals surface area contributed by atoms with Crippen LogP contribution in [0.2, 0.25) is 0 Å². The molecule has 0 radical (unpaired) electrons. The molecule has 0 aliphatic heterocycles. The summed E-state index contributed by atoms with van der Waals surface area (Å²) in [5.74, 6) is 0. The molecule has 6 aromatic rings. The van der Waals surface area contributed by atoms with Gasteiger partial charge in [0.05, 0.1) is 1.28 Å². The van der Waals surface area contributed by atoms with Gasteiger partial charge in [0.2, 0.25) is 0 Å². The van der Waals surface area contributed by atoms with Crippen LogP contribution in [0.1, 0.15) is 12.6 Å². The van der Waals surface area contributed by atoms with Crippen molar-refractivity contribution in [1.29, 1.82) is 1.28 Å². The molecule has 204 valence electrons. The normalized spacial score (nSPS) is 10.7. The van der Waals surface area contributed by atoms with Crippen molar-refractivity contribution in [3.05, 3.63) is 169 Å². The van der Waals surface area contributed by atoms with E-state index in [4.69, 9.17) is 1.28 Å². The number of anilines is 6. The van der Waals surface area contributed by atoms with Gasteiger partial charge in [-0.15, -0.1) is 0 Å². The van der Waals surface area contributed by atoms with Gasteiger partial charge in [0.25, 0.3) is 0 Å². The molecule has 0 amide bonds. The zero-order valence-corrected chi connectivity index (χ0v) is 24.6. The van der Waals surface area contributed by atoms with Crippen molar-refractivity contribution in [2.45, 2.75) is 13.8 Å². The van der Waals surface area contributed by atoms with E-state index in [0.717, 1.165) is 34.1 Å². The lowest BCUT2D eigenvalue weighted by Crippen LogP contribution is -2.10. The van der Waals surface area contributed by atoms with Crippen molar-refractivity contribution in [2.75, 3.05) is 9.80 Å². The Kier molecular flexibility index (Phi) is 8.22. The Morgan fingerprint density at radius 1 is 0.390 bits per heavy atom. The average molecular weight is 556 g/mol. The summed E-state index contributed by atoms with van der Waals surface area (Å²) in [5.41, 5.74) is 11.7. The van der Waals surface area contributed by atoms with E-state index in [9.17, 15) is 0 Å². The molecule has 41 heavy (non-hydrogen) atoms. The Morgan fingerprint density at radius 2 is 0.707 bits per heavy atom. The molecule has 0 bridgehead atoms. The van der Waals surface area contributed by atoms with E-state index in [2.05, 4.69) is 181 Å². The van der Waals surface area contributed by atoms with Crippen LogP contribution in [-0.2, 0) is 0 Å². The van der Waals surface area contributed by atoms with E-state index in [1.165, 1.54) is 22.3 Å². The lowest BCUT2D eigenvalue weighted by molar-refractivity contribution is 1.27. The Labute approximate surface area is 249 Å². The first kappa shape index (κ1) is 26.6. The first-order valence-electron chi connectivity index (χ1n) is 14.3. The largest absolute Gasteiger partial charge is 0.310 e. The highest BCUT2D eigenvalue weighted by molar-refractivity contribution is 6.92. The van der Waals surface area contributed by atoms with Crippen LogP contribution in [-0.4, -0.2) is 1.28 Å². The monoisotopic (exact) mass is 555 g/mol. The number of rotatable bonds is 7. The molecule has 0 aliphatic rings. The van der Waals surface area contributed by atoms with Gasteiger partial charge < -0.3 is 9.80 Å². The molecule has 0 saturated heterocycles. The fourth-order valence-corrected chi connectivity index (χ4v) is 5.19. The highest BCUT2D eigenvalue weighted by Gasteiger charge is 2.14. The minimum Gasteiger partial charge on any atom is -0.310 e. The fraction of sp³-hybridized carbons (Fsp3) is 0.0526. The molecule has 1 unspecified atom stereocenters. The summed E-state index contributed by atoms with van der Waals surface area (Å²) >= 11 is 0. The van der Waals surface area contributed by atoms with Gasteiger partial charge in [-0.3, -0.25) is 0 Å². The third kappa shape index (κ3) is 6.24. The predicted octanol–water partition coefficient (Wildman–Crippen LogP) is 11.2. The van der Waals surface area contributed by atoms with Crippen LogP contribution in [0.4, 0.5) is 34.1 Å². The lowest BCUT2D eigenvalue weighted by Gasteiger charge is -2.26. The van der Waals surface area contributed by atoms with E-state index in [1.54, 1.807) is 9.84 Å². The van der Waals surface area contributed by atoms with Gasteiger partial charge in [-0.25, -0.2) is 0 Å². The molecular formula is C38H37N2P. The summed E-state index contributed by atoms with van der Waals surface area (Å²) in [6.45, 7) is 4.27. The lowest BCUT2D eigenvalue weighted by atomic mass is 10.0. The van der Waals surface area contributed by atoms with Crippen LogP contribution in [0.5, 0.6) is 0 Å². The van der Waals surface area contributed by atoms with Crippen molar-refractivity contribution in [3.63, 3.8) is 0 Å². The highest BCUT2D eigenvalue weighted by atomic mass is 31.0. The van der Waals surface area contributed by atoms with Gasteiger partial charge in [0, 0.05) is 35.6 Å². The van der Waals surface area contributed by atoms with Crippen molar-refractivity contribution in [3.8, 4) is 11.1 Å². The van der Waals surface area contributed by atoms with Crippen LogP contribution in [0.15, 0.2) is 158 Å². The van der Waals surface area contributed by atoms with Crippen molar-refractivity contribution < 1.29 is 1.43 Å². The maximum atomic E-state index is 5.67. The molecule has 6 aromatic carbocycles. The van der Waals surface area contributed by atoms with Gasteiger partial charge in [-0.05, 0) is 109 Å². The Bertz CT molecular complexity index is 1580. The minimum atomic E-state index is 0. The molecule has 0 heterocycles. The van der Waals surface area contributed by atoms with Gasteiger partial charge in [-0.2, -0.15) is 9.84 Å². The van der Waals surface area contributed by atoms with E-state index in [-0.39, 0.29) is 1.43 Å². The second-order valence-corrected chi connectivity index (χ2v) is 10.1. The maximum Gasteiger partial charge on any atom is 0.0511 e. The van der Waals surface area contributed by atoms with Gasteiger partial charge >= 0.3 is 0 Å². The van der Waals surface area contributed by atoms with E-state index in [1.807, 2.05) is 0 Å². The Balaban J connectivity index is 0.00000138. The third-order valence-corrected chi connectivity index (χ3v) is 7.13. The summed E-state index contributed by atoms with van der Waals surface area (Å²) in [6, 6.07) is 56.1. The summed E-state index contributed by atoms with van der Waals surface area (Å²) in [5, 5.41) is 0. The van der Waals surface area contributed by atoms with E-state index < -0.39 is 0 Å². The number of hydrogen-bond acceptors (Lipinski definition) is 2. The SMILES string of the molecule is Cc1cccc(N(c2ccccc2)c2ccc(-c3ccc(N(c4ccccc4)c4cccc(C)c4)cc3)cc2)c1.[2HH].[3H]P. The summed E-state index contributed by atoms with van der Waals surface area (Å²) in [6.07, 6.45) is 0. The molecule has 0 fully saturated rings. The minimum absolute atomic E-state index is 0. The van der Waals surface area contributed by atoms with Crippen molar-refractivity contribution >= 4 is 44.0 Å². The zero-order valence-electron chi connectivity index (χ0n) is 24.5. The average Bonchev–Trinajstić information content (AvgIpc) is 3.04. The quantitative estimate of drug-likeness (QED) is 0.181. The van der Waals surface area contributed by atoms with Crippen LogP contribution in [0.25, 0.3) is 11.1 Å². The van der Waals surface area contributed by atoms with Gasteiger partial charge in [-0.1, -0.05) is 84.9 Å². The number of para-hydroxylation sites is 2. The third-order valence-electron chi connectivity index (χ3n) is 7.13. The second-order valence-electron chi connectivity index (χ2n) is 10.1. The summed E-state index contributed by atoms with van der Waals surface area (Å²) in [7, 11) is 1.67. The Morgan fingerprint density at radius 3 is 1.05 bits per heavy atom. The van der Waals surface area contributed by atoms with Crippen molar-refractivity contribution in [2.24, 2.45) is 0 Å². The van der Waals surface area contributed by atoms with E-state index >= 15 is 0 Å². The molecule has 2 nitrogen and oxygen atoms in total. The molecule has 3 heteroatoms. The summed E-state index contributed by atoms with van der Waals surface area (Å²) < 4.78 is 5.67. The van der Waals surface area contributed by atoms with Crippen LogP contribution in [0.3, 0.4) is 0 Å². The molecule has 0 N–H and O–H groups in total. The molecule has 0 saturated carbocycles. The topological polar surface area (TPSA) is 6.48 Å². The molecule has 0 aromatic heterocycles. The number of nitrogens with zero attached hydrogens (tertiary/aromatic N) is 2. The second kappa shape index (κ2) is 12.7. The van der Waals surface area contributed by atoms with Crippen LogP contribution in [0, 0.1) is 13.8 Å². The standard InChI is InChI=1S/C38H32N2.H3P.H2/c1-29-11-9-17-37(27-29)39(33-13-5-3-6-14-33)35-23-19-31(20-24-35)32-21-25-36(26-22-32)40(34-15-7-4-8-16-34)38-18-10-12-30(2)28-38;;/h3-28H,1-2H3;1H3;1H/i;1T;1+1. The number of aryl methyl sites for hydroxylation is 2. The molecule has 1 atom stereocenters. The first-order valence-corrected chi connectivity index (χ1v) is 13.7. The fourth-order valence-electron chi connectivity index (χ4n) is 5.19. The van der Waals surface area contributed by atoms with E-state index in [0.29, 0.717) is 0 Å². The smallest absolute Gasteiger partial charge is 0.0511 e. The van der Waals surface area contributed by atoms with Gasteiger partial charge in [0.15, 0.2) is 0 Å². The van der Waals surface area contributed by atoms with Crippen molar-refractivity contribution in [1.82, 2.24) is 0 Å². The summed E-state index contributed by atoms with van der Waals surface area (Å²) in [4.78, 5) is 4.61.